The quantitative estimate of drug-likeness (QED) is 0.688. The first-order valence-electron chi connectivity index (χ1n) is 4.78. The van der Waals surface area contributed by atoms with Gasteiger partial charge in [0.05, 0.1) is 12.2 Å². The molecule has 1 nitrogen and oxygen atoms in total. The van der Waals surface area contributed by atoms with Crippen LogP contribution in [0.5, 0.6) is 0 Å². The number of rotatable bonds is 4. The van der Waals surface area contributed by atoms with Crippen molar-refractivity contribution in [2.75, 3.05) is 6.61 Å². The van der Waals surface area contributed by atoms with Gasteiger partial charge in [-0.2, -0.15) is 13.2 Å². The zero-order valence-electron chi connectivity index (χ0n) is 8.18. The van der Waals surface area contributed by atoms with Gasteiger partial charge in [-0.3, -0.25) is 0 Å². The van der Waals surface area contributed by atoms with E-state index in [4.69, 9.17) is 0 Å². The van der Waals surface area contributed by atoms with Crippen LogP contribution in [0.2, 0.25) is 0 Å². The van der Waals surface area contributed by atoms with E-state index in [9.17, 15) is 18.3 Å². The Morgan fingerprint density at radius 2 is 1.60 bits per heavy atom. The van der Waals surface area contributed by atoms with Gasteiger partial charge in [0.15, 0.2) is 0 Å². The van der Waals surface area contributed by atoms with Gasteiger partial charge in [-0.25, -0.2) is 5.11 Å². The molecular formula is C11H12F3O. The largest absolute Gasteiger partial charge is 0.416 e. The molecule has 0 aliphatic heterocycles. The standard InChI is InChI=1S/C11H12F3O/c12-11(13,14)10-6-4-9(5-7-10)3-1-2-8-15/h4-7H,1-3,8H2. The Bertz CT molecular complexity index is 290. The van der Waals surface area contributed by atoms with Crippen molar-refractivity contribution >= 4 is 0 Å². The van der Waals surface area contributed by atoms with Crippen molar-refractivity contribution in [1.82, 2.24) is 0 Å². The Hall–Kier alpha value is -1.03. The van der Waals surface area contributed by atoms with E-state index >= 15 is 0 Å². The van der Waals surface area contributed by atoms with Crippen LogP contribution < -0.4 is 0 Å². The molecule has 83 valence electrons. The molecule has 0 aliphatic rings. The Morgan fingerprint density at radius 1 is 1.00 bits per heavy atom. The van der Waals surface area contributed by atoms with Gasteiger partial charge in [-0.15, -0.1) is 0 Å². The second-order valence-electron chi connectivity index (χ2n) is 3.36. The van der Waals surface area contributed by atoms with E-state index in [1.165, 1.54) is 12.1 Å². The van der Waals surface area contributed by atoms with Crippen molar-refractivity contribution in [1.29, 1.82) is 0 Å². The summed E-state index contributed by atoms with van der Waals surface area (Å²) in [7, 11) is 0. The lowest BCUT2D eigenvalue weighted by atomic mass is 10.1. The maximum atomic E-state index is 12.2. The van der Waals surface area contributed by atoms with E-state index in [0.717, 1.165) is 24.1 Å². The lowest BCUT2D eigenvalue weighted by Gasteiger charge is -2.07. The molecule has 0 N–H and O–H groups in total. The van der Waals surface area contributed by atoms with Crippen molar-refractivity contribution < 1.29 is 18.3 Å². The molecule has 4 heteroatoms. The Labute approximate surface area is 86.5 Å². The van der Waals surface area contributed by atoms with Crippen LogP contribution in [0.1, 0.15) is 24.0 Å². The number of halogens is 3. The molecular weight excluding hydrogens is 205 g/mol. The fourth-order valence-electron chi connectivity index (χ4n) is 1.29. The summed E-state index contributed by atoms with van der Waals surface area (Å²) < 4.78 is 36.6. The first-order chi connectivity index (χ1) is 7.04. The highest BCUT2D eigenvalue weighted by Crippen LogP contribution is 2.29. The van der Waals surface area contributed by atoms with Crippen molar-refractivity contribution in [2.24, 2.45) is 0 Å². The summed E-state index contributed by atoms with van der Waals surface area (Å²) in [5.74, 6) is 0. The minimum Gasteiger partial charge on any atom is -0.237 e. The van der Waals surface area contributed by atoms with E-state index < -0.39 is 11.7 Å². The van der Waals surface area contributed by atoms with E-state index in [0.29, 0.717) is 12.8 Å². The second kappa shape index (κ2) is 5.16. The minimum absolute atomic E-state index is 0.124. The number of aryl methyl sites for hydroxylation is 1. The van der Waals surface area contributed by atoms with Gasteiger partial charge in [0.1, 0.15) is 0 Å². The summed E-state index contributed by atoms with van der Waals surface area (Å²) in [6.45, 7) is -0.124. The van der Waals surface area contributed by atoms with Crippen LogP contribution in [0.15, 0.2) is 24.3 Å². The summed E-state index contributed by atoms with van der Waals surface area (Å²) in [5, 5.41) is 10.2. The van der Waals surface area contributed by atoms with Crippen LogP contribution in [0.3, 0.4) is 0 Å². The van der Waals surface area contributed by atoms with E-state index in [1.807, 2.05) is 0 Å². The fourth-order valence-corrected chi connectivity index (χ4v) is 1.29. The average molecular weight is 217 g/mol. The fraction of sp³-hybridized carbons (Fsp3) is 0.455. The van der Waals surface area contributed by atoms with E-state index in [2.05, 4.69) is 0 Å². The summed E-state index contributed by atoms with van der Waals surface area (Å²) in [5.41, 5.74) is 0.214. The monoisotopic (exact) mass is 217 g/mol. The maximum absolute atomic E-state index is 12.2. The molecule has 1 radical (unpaired) electrons. The number of hydrogen-bond donors (Lipinski definition) is 0. The molecule has 0 spiro atoms. The Kier molecular flexibility index (Phi) is 4.15. The molecule has 1 rings (SSSR count). The number of unbranched alkanes of at least 4 members (excludes halogenated alkanes) is 1. The molecule has 0 heterocycles. The van der Waals surface area contributed by atoms with Gasteiger partial charge >= 0.3 is 6.18 Å². The lowest BCUT2D eigenvalue weighted by molar-refractivity contribution is -0.137. The molecule has 1 aromatic rings. The van der Waals surface area contributed by atoms with Gasteiger partial charge in [0, 0.05) is 0 Å². The van der Waals surface area contributed by atoms with Crippen molar-refractivity contribution in [3.8, 4) is 0 Å². The van der Waals surface area contributed by atoms with Crippen LogP contribution in [0.25, 0.3) is 0 Å². The summed E-state index contributed by atoms with van der Waals surface area (Å²) in [4.78, 5) is 0. The van der Waals surface area contributed by atoms with Gasteiger partial charge in [-0.05, 0) is 37.0 Å². The molecule has 0 saturated heterocycles. The lowest BCUT2D eigenvalue weighted by Crippen LogP contribution is -2.04. The molecule has 0 aliphatic carbocycles. The molecule has 0 saturated carbocycles. The predicted octanol–water partition coefficient (Wildman–Crippen LogP) is 3.46. The van der Waals surface area contributed by atoms with Crippen molar-refractivity contribution in [2.45, 2.75) is 25.4 Å². The minimum atomic E-state index is -4.27. The van der Waals surface area contributed by atoms with Crippen LogP contribution in [0.4, 0.5) is 13.2 Å². The number of alkyl halides is 3. The zero-order chi connectivity index (χ0) is 11.3. The van der Waals surface area contributed by atoms with Gasteiger partial charge in [0.25, 0.3) is 0 Å². The third-order valence-electron chi connectivity index (χ3n) is 2.14. The van der Waals surface area contributed by atoms with Crippen LogP contribution in [-0.2, 0) is 17.7 Å². The average Bonchev–Trinajstić information content (AvgIpc) is 2.18. The van der Waals surface area contributed by atoms with E-state index in [-0.39, 0.29) is 6.61 Å². The maximum Gasteiger partial charge on any atom is 0.416 e. The highest BCUT2D eigenvalue weighted by Gasteiger charge is 2.29. The summed E-state index contributed by atoms with van der Waals surface area (Å²) in [6, 6.07) is 5.08. The third kappa shape index (κ3) is 3.91. The first kappa shape index (κ1) is 12.0. The molecule has 0 atom stereocenters. The van der Waals surface area contributed by atoms with Gasteiger partial charge in [-0.1, -0.05) is 12.1 Å². The second-order valence-corrected chi connectivity index (χ2v) is 3.36. The van der Waals surface area contributed by atoms with Crippen LogP contribution in [-0.4, -0.2) is 6.61 Å². The molecule has 0 unspecified atom stereocenters. The summed E-state index contributed by atoms with van der Waals surface area (Å²) >= 11 is 0. The van der Waals surface area contributed by atoms with Crippen molar-refractivity contribution in [3.63, 3.8) is 0 Å². The molecule has 0 aromatic heterocycles. The topological polar surface area (TPSA) is 19.9 Å². The molecule has 0 bridgehead atoms. The summed E-state index contributed by atoms with van der Waals surface area (Å²) in [6.07, 6.45) is -2.30. The Morgan fingerprint density at radius 3 is 2.07 bits per heavy atom. The highest BCUT2D eigenvalue weighted by molar-refractivity contribution is 5.24. The van der Waals surface area contributed by atoms with Crippen molar-refractivity contribution in [3.05, 3.63) is 35.4 Å². The molecule has 15 heavy (non-hydrogen) atoms. The molecule has 0 fully saturated rings. The predicted molar refractivity (Wildman–Crippen MR) is 49.9 cm³/mol. The highest BCUT2D eigenvalue weighted by atomic mass is 19.4. The number of benzene rings is 1. The van der Waals surface area contributed by atoms with Gasteiger partial charge < -0.3 is 0 Å². The van der Waals surface area contributed by atoms with Crippen LogP contribution >= 0.6 is 0 Å². The first-order valence-corrected chi connectivity index (χ1v) is 4.78. The van der Waals surface area contributed by atoms with Crippen LogP contribution in [0, 0.1) is 0 Å². The normalized spacial score (nSPS) is 11.7. The third-order valence-corrected chi connectivity index (χ3v) is 2.14. The SMILES string of the molecule is [O]CCCCc1ccc(C(F)(F)F)cc1. The van der Waals surface area contributed by atoms with Gasteiger partial charge in [0.2, 0.25) is 0 Å². The zero-order valence-corrected chi connectivity index (χ0v) is 8.18. The molecule has 1 aromatic carbocycles. The Balaban J connectivity index is 2.57. The number of hydrogen-bond acceptors (Lipinski definition) is 0. The molecule has 0 amide bonds. The van der Waals surface area contributed by atoms with E-state index in [1.54, 1.807) is 0 Å². The smallest absolute Gasteiger partial charge is 0.237 e.